The Labute approximate surface area is 89.4 Å². The summed E-state index contributed by atoms with van der Waals surface area (Å²) >= 11 is 3.73. The van der Waals surface area contributed by atoms with Crippen LogP contribution in [0.5, 0.6) is 0 Å². The first-order valence-corrected chi connectivity index (χ1v) is 6.33. The minimum atomic E-state index is 0.506. The second-order valence-corrected chi connectivity index (χ2v) is 6.20. The molecule has 76 valence electrons. The zero-order valence-corrected chi connectivity index (χ0v) is 10.1. The lowest BCUT2D eigenvalue weighted by molar-refractivity contribution is 0.0382. The molecule has 2 fully saturated rings. The van der Waals surface area contributed by atoms with Gasteiger partial charge in [0.25, 0.3) is 0 Å². The second kappa shape index (κ2) is 3.54. The lowest BCUT2D eigenvalue weighted by Crippen LogP contribution is -2.20. The molecule has 1 saturated heterocycles. The lowest BCUT2D eigenvalue weighted by Gasteiger charge is -2.22. The van der Waals surface area contributed by atoms with Gasteiger partial charge in [-0.3, -0.25) is 0 Å². The van der Waals surface area contributed by atoms with Gasteiger partial charge in [-0.2, -0.15) is 0 Å². The molecule has 1 heterocycles. The van der Waals surface area contributed by atoms with E-state index in [0.29, 0.717) is 22.5 Å². The van der Waals surface area contributed by atoms with Gasteiger partial charge in [0, 0.05) is 4.83 Å². The van der Waals surface area contributed by atoms with Crippen molar-refractivity contribution in [3.63, 3.8) is 0 Å². The lowest BCUT2D eigenvalue weighted by atomic mass is 9.94. The van der Waals surface area contributed by atoms with Crippen LogP contribution in [-0.2, 0) is 4.74 Å². The number of hydrogen-bond acceptors (Lipinski definition) is 1. The van der Waals surface area contributed by atoms with Crippen LogP contribution in [0.4, 0.5) is 0 Å². The molecule has 0 aromatic heterocycles. The fourth-order valence-corrected chi connectivity index (χ4v) is 3.06. The Morgan fingerprint density at radius 1 is 1.46 bits per heavy atom. The first-order chi connectivity index (χ1) is 6.12. The van der Waals surface area contributed by atoms with Crippen molar-refractivity contribution >= 4 is 15.9 Å². The van der Waals surface area contributed by atoms with Gasteiger partial charge in [0.2, 0.25) is 0 Å². The summed E-state index contributed by atoms with van der Waals surface area (Å²) in [6.45, 7) is 4.47. The molecule has 3 unspecified atom stereocenters. The van der Waals surface area contributed by atoms with Crippen LogP contribution < -0.4 is 0 Å². The third-order valence-electron chi connectivity index (χ3n) is 3.69. The molecule has 2 heteroatoms. The van der Waals surface area contributed by atoms with Crippen LogP contribution in [0.2, 0.25) is 0 Å². The monoisotopic (exact) mass is 246 g/mol. The van der Waals surface area contributed by atoms with Crippen molar-refractivity contribution in [2.45, 2.75) is 63.0 Å². The van der Waals surface area contributed by atoms with Crippen molar-refractivity contribution in [3.05, 3.63) is 0 Å². The van der Waals surface area contributed by atoms with E-state index in [0.717, 1.165) is 0 Å². The van der Waals surface area contributed by atoms with Gasteiger partial charge < -0.3 is 4.74 Å². The molecule has 1 saturated carbocycles. The summed E-state index contributed by atoms with van der Waals surface area (Å²) in [6.07, 6.45) is 7.68. The van der Waals surface area contributed by atoms with Gasteiger partial charge in [-0.25, -0.2) is 0 Å². The average Bonchev–Trinajstić information content (AvgIpc) is 2.72. The molecule has 0 bridgehead atoms. The zero-order chi connectivity index (χ0) is 9.47. The fourth-order valence-electron chi connectivity index (χ4n) is 2.41. The van der Waals surface area contributed by atoms with E-state index in [9.17, 15) is 0 Å². The maximum Gasteiger partial charge on any atom is 0.0585 e. The Hall–Kier alpha value is 0.440. The molecule has 0 aromatic carbocycles. The van der Waals surface area contributed by atoms with E-state index in [1.54, 1.807) is 0 Å². The Balaban J connectivity index is 1.84. The van der Waals surface area contributed by atoms with Gasteiger partial charge in [0.1, 0.15) is 0 Å². The second-order valence-electron chi connectivity index (χ2n) is 4.83. The zero-order valence-electron chi connectivity index (χ0n) is 8.55. The number of alkyl halides is 1. The van der Waals surface area contributed by atoms with E-state index in [1.807, 2.05) is 0 Å². The summed E-state index contributed by atoms with van der Waals surface area (Å²) in [7, 11) is 0. The van der Waals surface area contributed by atoms with E-state index in [4.69, 9.17) is 4.74 Å². The van der Waals surface area contributed by atoms with E-state index < -0.39 is 0 Å². The molecule has 13 heavy (non-hydrogen) atoms. The first kappa shape index (κ1) is 9.97. The van der Waals surface area contributed by atoms with Crippen LogP contribution in [-0.4, -0.2) is 17.0 Å². The third-order valence-corrected chi connectivity index (χ3v) is 4.66. The summed E-state index contributed by atoms with van der Waals surface area (Å²) in [5.74, 6) is 0. The predicted octanol–water partition coefficient (Wildman–Crippen LogP) is 3.51. The highest BCUT2D eigenvalue weighted by Crippen LogP contribution is 2.56. The molecular formula is C11H19BrO. The molecule has 2 aliphatic rings. The van der Waals surface area contributed by atoms with Crippen LogP contribution >= 0.6 is 15.9 Å². The SMILES string of the molecule is CC1CCC(CC2(C(C)Br)CC2)O1. The number of ether oxygens (including phenoxy) is 1. The smallest absolute Gasteiger partial charge is 0.0585 e. The Morgan fingerprint density at radius 2 is 2.15 bits per heavy atom. The van der Waals surface area contributed by atoms with Crippen molar-refractivity contribution in [2.75, 3.05) is 0 Å². The van der Waals surface area contributed by atoms with Crippen molar-refractivity contribution < 1.29 is 4.74 Å². The summed E-state index contributed by atoms with van der Waals surface area (Å²) in [5.41, 5.74) is 0.592. The minimum absolute atomic E-state index is 0.506. The molecule has 0 N–H and O–H groups in total. The van der Waals surface area contributed by atoms with Crippen LogP contribution in [0.25, 0.3) is 0 Å². The molecule has 0 amide bonds. The molecule has 1 aliphatic carbocycles. The highest BCUT2D eigenvalue weighted by Gasteiger charge is 2.48. The molecule has 1 aliphatic heterocycles. The number of rotatable bonds is 3. The molecular weight excluding hydrogens is 228 g/mol. The molecule has 0 radical (unpaired) electrons. The average molecular weight is 247 g/mol. The Morgan fingerprint density at radius 3 is 2.54 bits per heavy atom. The maximum absolute atomic E-state index is 5.87. The predicted molar refractivity (Wildman–Crippen MR) is 58.2 cm³/mol. The van der Waals surface area contributed by atoms with Crippen molar-refractivity contribution in [2.24, 2.45) is 5.41 Å². The Kier molecular flexibility index (Phi) is 2.72. The van der Waals surface area contributed by atoms with Crippen molar-refractivity contribution in [3.8, 4) is 0 Å². The molecule has 3 atom stereocenters. The third kappa shape index (κ3) is 2.10. The van der Waals surface area contributed by atoms with Gasteiger partial charge in [0.05, 0.1) is 12.2 Å². The van der Waals surface area contributed by atoms with Crippen LogP contribution in [0.3, 0.4) is 0 Å². The van der Waals surface area contributed by atoms with Crippen LogP contribution in [0.1, 0.15) is 46.0 Å². The van der Waals surface area contributed by atoms with Crippen molar-refractivity contribution in [1.82, 2.24) is 0 Å². The molecule has 2 rings (SSSR count). The van der Waals surface area contributed by atoms with Gasteiger partial charge in [-0.1, -0.05) is 22.9 Å². The quantitative estimate of drug-likeness (QED) is 0.693. The van der Waals surface area contributed by atoms with Gasteiger partial charge in [-0.15, -0.1) is 0 Å². The van der Waals surface area contributed by atoms with Gasteiger partial charge in [-0.05, 0) is 44.4 Å². The normalized spacial score (nSPS) is 39.0. The first-order valence-electron chi connectivity index (χ1n) is 5.42. The van der Waals surface area contributed by atoms with Gasteiger partial charge >= 0.3 is 0 Å². The molecule has 1 nitrogen and oxygen atoms in total. The van der Waals surface area contributed by atoms with Crippen LogP contribution in [0, 0.1) is 5.41 Å². The topological polar surface area (TPSA) is 9.23 Å². The Bertz CT molecular complexity index is 187. The van der Waals surface area contributed by atoms with Gasteiger partial charge in [0.15, 0.2) is 0 Å². The van der Waals surface area contributed by atoms with E-state index in [2.05, 4.69) is 29.8 Å². The van der Waals surface area contributed by atoms with Crippen molar-refractivity contribution in [1.29, 1.82) is 0 Å². The van der Waals surface area contributed by atoms with Crippen LogP contribution in [0.15, 0.2) is 0 Å². The van der Waals surface area contributed by atoms with E-state index >= 15 is 0 Å². The maximum atomic E-state index is 5.87. The number of hydrogen-bond donors (Lipinski definition) is 0. The summed E-state index contributed by atoms with van der Waals surface area (Å²) in [5, 5.41) is 0. The standard InChI is InChI=1S/C11H19BrO/c1-8-3-4-10(13-8)7-11(5-6-11)9(2)12/h8-10H,3-7H2,1-2H3. The number of halogens is 1. The largest absolute Gasteiger partial charge is 0.375 e. The van der Waals surface area contributed by atoms with E-state index in [-0.39, 0.29) is 0 Å². The molecule has 0 aromatic rings. The summed E-state index contributed by atoms with van der Waals surface area (Å²) in [4.78, 5) is 0.666. The van der Waals surface area contributed by atoms with E-state index in [1.165, 1.54) is 32.1 Å². The minimum Gasteiger partial charge on any atom is -0.375 e. The highest BCUT2D eigenvalue weighted by molar-refractivity contribution is 9.09. The molecule has 0 spiro atoms. The fraction of sp³-hybridized carbons (Fsp3) is 1.00. The summed E-state index contributed by atoms with van der Waals surface area (Å²) in [6, 6.07) is 0. The summed E-state index contributed by atoms with van der Waals surface area (Å²) < 4.78 is 5.87. The highest BCUT2D eigenvalue weighted by atomic mass is 79.9.